The summed E-state index contributed by atoms with van der Waals surface area (Å²) < 4.78 is 0. The minimum Gasteiger partial charge on any atom is -0.349 e. The number of nitrogens with zero attached hydrogens (tertiary/aromatic N) is 4. The van der Waals surface area contributed by atoms with Crippen molar-refractivity contribution < 1.29 is 14.4 Å². The van der Waals surface area contributed by atoms with Crippen molar-refractivity contribution in [2.75, 3.05) is 39.3 Å². The maximum atomic E-state index is 13.7. The molecule has 3 rings (SSSR count). The van der Waals surface area contributed by atoms with Gasteiger partial charge in [-0.2, -0.15) is 5.10 Å². The molecule has 1 aromatic rings. The maximum absolute atomic E-state index is 13.7. The lowest BCUT2D eigenvalue weighted by Crippen LogP contribution is -2.50. The topological polar surface area (TPSA) is 102 Å². The van der Waals surface area contributed by atoms with Crippen molar-refractivity contribution >= 4 is 17.7 Å². The Labute approximate surface area is 209 Å². The van der Waals surface area contributed by atoms with Crippen LogP contribution in [-0.2, 0) is 14.4 Å². The van der Waals surface area contributed by atoms with E-state index in [1.54, 1.807) is 16.0 Å². The molecule has 35 heavy (non-hydrogen) atoms. The number of aryl methyl sites for hydroxylation is 1. The second-order valence-corrected chi connectivity index (χ2v) is 10.2. The van der Waals surface area contributed by atoms with Crippen LogP contribution in [0.4, 0.5) is 0 Å². The smallest absolute Gasteiger partial charge is 0.249 e. The van der Waals surface area contributed by atoms with Crippen LogP contribution in [0.25, 0.3) is 0 Å². The molecule has 1 saturated heterocycles. The van der Waals surface area contributed by atoms with Crippen LogP contribution in [0.5, 0.6) is 0 Å². The molecule has 2 aliphatic rings. The van der Waals surface area contributed by atoms with Crippen LogP contribution >= 0.6 is 0 Å². The van der Waals surface area contributed by atoms with Gasteiger partial charge in [0.25, 0.3) is 0 Å². The lowest BCUT2D eigenvalue weighted by molar-refractivity contribution is -0.143. The Morgan fingerprint density at radius 1 is 1.29 bits per heavy atom. The molecule has 2 fully saturated rings. The number of amides is 3. The normalized spacial score (nSPS) is 18.3. The van der Waals surface area contributed by atoms with Crippen molar-refractivity contribution in [2.24, 2.45) is 5.92 Å². The Balaban J connectivity index is 1.84. The van der Waals surface area contributed by atoms with Crippen LogP contribution in [0, 0.1) is 12.8 Å². The fraction of sp³-hybridized carbons (Fsp3) is 0.692. The van der Waals surface area contributed by atoms with Gasteiger partial charge in [-0.05, 0) is 70.2 Å². The van der Waals surface area contributed by atoms with Crippen LogP contribution in [0.3, 0.4) is 0 Å². The van der Waals surface area contributed by atoms with Gasteiger partial charge in [0.05, 0.1) is 11.9 Å². The highest BCUT2D eigenvalue weighted by Gasteiger charge is 2.43. The molecule has 9 heteroatoms. The van der Waals surface area contributed by atoms with Gasteiger partial charge in [0.2, 0.25) is 17.7 Å². The molecule has 0 radical (unpaired) electrons. The van der Waals surface area contributed by atoms with E-state index in [4.69, 9.17) is 0 Å². The third-order valence-corrected chi connectivity index (χ3v) is 7.54. The van der Waals surface area contributed by atoms with Crippen LogP contribution in [0.1, 0.15) is 70.2 Å². The van der Waals surface area contributed by atoms with Gasteiger partial charge >= 0.3 is 0 Å². The van der Waals surface area contributed by atoms with Crippen molar-refractivity contribution in [1.29, 1.82) is 0 Å². The van der Waals surface area contributed by atoms with Gasteiger partial charge in [-0.1, -0.05) is 20.4 Å². The van der Waals surface area contributed by atoms with E-state index in [0.29, 0.717) is 38.3 Å². The zero-order chi connectivity index (χ0) is 25.6. The quantitative estimate of drug-likeness (QED) is 0.442. The molecule has 2 N–H and O–H groups in total. The molecule has 3 amide bonds. The summed E-state index contributed by atoms with van der Waals surface area (Å²) in [6.07, 6.45) is 6.86. The number of likely N-dealkylation sites (tertiary alicyclic amines) is 1. The predicted octanol–water partition coefficient (Wildman–Crippen LogP) is 2.41. The number of nitrogens with one attached hydrogen (secondary N) is 2. The predicted molar refractivity (Wildman–Crippen MR) is 135 cm³/mol. The van der Waals surface area contributed by atoms with Gasteiger partial charge in [0.15, 0.2) is 6.04 Å². The molecule has 1 unspecified atom stereocenters. The van der Waals surface area contributed by atoms with E-state index < -0.39 is 6.04 Å². The monoisotopic (exact) mass is 486 g/mol. The third-order valence-electron chi connectivity index (χ3n) is 7.54. The molecule has 0 spiro atoms. The van der Waals surface area contributed by atoms with Gasteiger partial charge < -0.3 is 20.0 Å². The Morgan fingerprint density at radius 3 is 2.46 bits per heavy atom. The van der Waals surface area contributed by atoms with E-state index in [9.17, 15) is 14.4 Å². The number of carbonyl (C=O) groups excluding carboxylic acids is 3. The second-order valence-electron chi connectivity index (χ2n) is 10.2. The molecule has 9 nitrogen and oxygen atoms in total. The van der Waals surface area contributed by atoms with Gasteiger partial charge in [0, 0.05) is 38.1 Å². The van der Waals surface area contributed by atoms with Gasteiger partial charge in [-0.25, -0.2) is 0 Å². The molecule has 1 aliphatic carbocycles. The largest absolute Gasteiger partial charge is 0.349 e. The number of aromatic nitrogens is 2. The van der Waals surface area contributed by atoms with Crippen molar-refractivity contribution in [3.63, 3.8) is 0 Å². The van der Waals surface area contributed by atoms with Crippen LogP contribution < -0.4 is 5.32 Å². The molecule has 0 bridgehead atoms. The summed E-state index contributed by atoms with van der Waals surface area (Å²) in [6, 6.07) is -0.757. The van der Waals surface area contributed by atoms with Crippen LogP contribution in [0.2, 0.25) is 0 Å². The third kappa shape index (κ3) is 6.93. The molecular formula is C26H42N6O3. The van der Waals surface area contributed by atoms with E-state index >= 15 is 0 Å². The lowest BCUT2D eigenvalue weighted by Gasteiger charge is -2.38. The number of carbonyl (C=O) groups is 3. The summed E-state index contributed by atoms with van der Waals surface area (Å²) in [6.45, 7) is 15.9. The second kappa shape index (κ2) is 11.8. The molecule has 194 valence electrons. The Hall–Kier alpha value is -2.68. The number of rotatable bonds is 12. The summed E-state index contributed by atoms with van der Waals surface area (Å²) in [5, 5.41) is 10.3. The molecule has 1 aromatic heterocycles. The van der Waals surface area contributed by atoms with Crippen molar-refractivity contribution in [3.05, 3.63) is 30.1 Å². The first-order valence-electron chi connectivity index (χ1n) is 13.0. The fourth-order valence-corrected chi connectivity index (χ4v) is 4.77. The average Bonchev–Trinajstić information content (AvgIpc) is 3.43. The lowest BCUT2D eigenvalue weighted by atomic mass is 9.94. The summed E-state index contributed by atoms with van der Waals surface area (Å²) in [5.74, 6) is -0.0423. The number of hydrogen-bond acceptors (Lipinski definition) is 5. The highest BCUT2D eigenvalue weighted by Crippen LogP contribution is 2.36. The first-order valence-corrected chi connectivity index (χ1v) is 13.0. The molecule has 1 saturated carbocycles. The van der Waals surface area contributed by atoms with Crippen LogP contribution in [0.15, 0.2) is 18.9 Å². The Bertz CT molecular complexity index is 897. The summed E-state index contributed by atoms with van der Waals surface area (Å²) >= 11 is 0. The number of piperidine rings is 1. The number of hydrogen-bond donors (Lipinski definition) is 2. The van der Waals surface area contributed by atoms with Gasteiger partial charge in [-0.3, -0.25) is 19.5 Å². The highest BCUT2D eigenvalue weighted by molar-refractivity contribution is 5.89. The number of aromatic amines is 1. The maximum Gasteiger partial charge on any atom is 0.249 e. The Morgan fingerprint density at radius 2 is 1.94 bits per heavy atom. The molecule has 0 aromatic carbocycles. The molecule has 1 atom stereocenters. The van der Waals surface area contributed by atoms with Gasteiger partial charge in [0.1, 0.15) is 0 Å². The van der Waals surface area contributed by atoms with Crippen LogP contribution in [-0.4, -0.2) is 87.4 Å². The zero-order valence-electron chi connectivity index (χ0n) is 21.8. The average molecular weight is 487 g/mol. The summed E-state index contributed by atoms with van der Waals surface area (Å²) in [4.78, 5) is 45.2. The first kappa shape index (κ1) is 26.9. The minimum atomic E-state index is -0.757. The number of H-pyrrole nitrogens is 1. The van der Waals surface area contributed by atoms with E-state index in [2.05, 4.69) is 40.8 Å². The summed E-state index contributed by atoms with van der Waals surface area (Å²) in [5.41, 5.74) is 1.33. The minimum absolute atomic E-state index is 0.0309. The van der Waals surface area contributed by atoms with Crippen molar-refractivity contribution in [2.45, 2.75) is 71.4 Å². The summed E-state index contributed by atoms with van der Waals surface area (Å²) in [7, 11) is 0. The molecule has 2 heterocycles. The molecular weight excluding hydrogens is 444 g/mol. The van der Waals surface area contributed by atoms with E-state index in [0.717, 1.165) is 44.3 Å². The standard InChI is InChI=1S/C26H42N6O3/c1-6-21(33)31-15-9-20(10-16-31)18-32(22(34)11-14-30(7-2)8-3)24(23-19(4)17-27-29-23)25(35)28-26(5)12-13-26/h6,17,20,24H,1,7-16,18H2,2-5H3,(H,27,29)(H,28,35). The van der Waals surface area contributed by atoms with Gasteiger partial charge in [-0.15, -0.1) is 0 Å². The SMILES string of the molecule is C=CC(=O)N1CCC(CN(C(=O)CCN(CC)CC)C(C(=O)NC2(C)CC2)c2[nH]ncc2C)CC1. The van der Waals surface area contributed by atoms with Crippen molar-refractivity contribution in [1.82, 2.24) is 30.2 Å². The van der Waals surface area contributed by atoms with E-state index in [1.807, 2.05) is 13.8 Å². The molecule has 1 aliphatic heterocycles. The zero-order valence-corrected chi connectivity index (χ0v) is 21.8. The van der Waals surface area contributed by atoms with Crippen molar-refractivity contribution in [3.8, 4) is 0 Å². The Kier molecular flexibility index (Phi) is 9.10. The van der Waals surface area contributed by atoms with E-state index in [-0.39, 0.29) is 29.2 Å². The highest BCUT2D eigenvalue weighted by atomic mass is 16.2. The first-order chi connectivity index (χ1) is 16.7. The van der Waals surface area contributed by atoms with E-state index in [1.165, 1.54) is 6.08 Å². The fourth-order valence-electron chi connectivity index (χ4n) is 4.77.